The molecule has 0 aromatic heterocycles. The maximum Gasteiger partial charge on any atom is 0.0654 e. The summed E-state index contributed by atoms with van der Waals surface area (Å²) in [7, 11) is 3.37. The summed E-state index contributed by atoms with van der Waals surface area (Å²) in [5.74, 6) is 0. The zero-order valence-electron chi connectivity index (χ0n) is 8.12. The predicted molar refractivity (Wildman–Crippen MR) is 49.5 cm³/mol. The van der Waals surface area contributed by atoms with Gasteiger partial charge in [-0.3, -0.25) is 5.01 Å². The molecule has 72 valence electrons. The Bertz CT molecular complexity index is 110. The van der Waals surface area contributed by atoms with E-state index < -0.39 is 0 Å². The van der Waals surface area contributed by atoms with E-state index in [0.29, 0.717) is 13.2 Å². The first-order valence-electron chi connectivity index (χ1n) is 4.06. The van der Waals surface area contributed by atoms with Gasteiger partial charge in [0.05, 0.1) is 26.3 Å². The second-order valence-electron chi connectivity index (χ2n) is 2.31. The van der Waals surface area contributed by atoms with E-state index in [1.165, 1.54) is 0 Å². The Hall–Kier alpha value is -0.610. The van der Waals surface area contributed by atoms with E-state index in [-0.39, 0.29) is 0 Å². The highest BCUT2D eigenvalue weighted by Crippen LogP contribution is 1.88. The molecule has 0 N–H and O–H groups in total. The topological polar surface area (TPSA) is 34.1 Å². The molecule has 0 heterocycles. The lowest BCUT2D eigenvalue weighted by Gasteiger charge is -2.17. The Morgan fingerprint density at radius 3 is 2.00 bits per heavy atom. The van der Waals surface area contributed by atoms with E-state index in [4.69, 9.17) is 9.47 Å². The minimum absolute atomic E-state index is 0.695. The van der Waals surface area contributed by atoms with Crippen molar-refractivity contribution in [1.29, 1.82) is 0 Å². The van der Waals surface area contributed by atoms with Gasteiger partial charge in [-0.25, -0.2) is 0 Å². The third-order valence-electron chi connectivity index (χ3n) is 1.39. The van der Waals surface area contributed by atoms with Crippen LogP contribution in [0.1, 0.15) is 6.92 Å². The van der Waals surface area contributed by atoms with Crippen molar-refractivity contribution >= 4 is 6.21 Å². The number of methoxy groups -OCH3 is 2. The van der Waals surface area contributed by atoms with Crippen LogP contribution in [0.15, 0.2) is 5.10 Å². The van der Waals surface area contributed by atoms with E-state index in [1.54, 1.807) is 20.4 Å². The number of hydrogen-bond donors (Lipinski definition) is 0. The average molecular weight is 174 g/mol. The molecule has 0 rings (SSSR count). The molecule has 0 bridgehead atoms. The Balaban J connectivity index is 3.54. The Labute approximate surface area is 74.1 Å². The molecule has 0 aliphatic rings. The lowest BCUT2D eigenvalue weighted by molar-refractivity contribution is 0.117. The SMILES string of the molecule is CC=NN(CCOC)CCOC. The summed E-state index contributed by atoms with van der Waals surface area (Å²) in [5.41, 5.74) is 0. The number of ether oxygens (including phenoxy) is 2. The monoisotopic (exact) mass is 174 g/mol. The Morgan fingerprint density at radius 1 is 1.17 bits per heavy atom. The zero-order valence-corrected chi connectivity index (χ0v) is 8.12. The zero-order chi connectivity index (χ0) is 9.23. The summed E-state index contributed by atoms with van der Waals surface area (Å²) in [6, 6.07) is 0. The molecule has 0 saturated heterocycles. The van der Waals surface area contributed by atoms with Crippen LogP contribution in [0, 0.1) is 0 Å². The van der Waals surface area contributed by atoms with Gasteiger partial charge in [0.25, 0.3) is 0 Å². The van der Waals surface area contributed by atoms with Crippen LogP contribution in [0.4, 0.5) is 0 Å². The second kappa shape index (κ2) is 8.49. The molecule has 0 fully saturated rings. The second-order valence-corrected chi connectivity index (χ2v) is 2.31. The first-order chi connectivity index (χ1) is 5.85. The average Bonchev–Trinajstić information content (AvgIpc) is 2.10. The molecule has 0 aromatic rings. The predicted octanol–water partition coefficient (Wildman–Crippen LogP) is 0.587. The van der Waals surface area contributed by atoms with E-state index in [9.17, 15) is 0 Å². The van der Waals surface area contributed by atoms with Crippen molar-refractivity contribution in [3.05, 3.63) is 0 Å². The maximum absolute atomic E-state index is 4.94. The summed E-state index contributed by atoms with van der Waals surface area (Å²) in [5, 5.41) is 6.07. The molecule has 4 nitrogen and oxygen atoms in total. The third kappa shape index (κ3) is 6.12. The molecule has 0 saturated carbocycles. The van der Waals surface area contributed by atoms with Gasteiger partial charge in [-0.1, -0.05) is 0 Å². The van der Waals surface area contributed by atoms with Crippen molar-refractivity contribution in [1.82, 2.24) is 5.01 Å². The first-order valence-corrected chi connectivity index (χ1v) is 4.06. The highest BCUT2D eigenvalue weighted by Gasteiger charge is 1.97. The summed E-state index contributed by atoms with van der Waals surface area (Å²) < 4.78 is 9.88. The molecular weight excluding hydrogens is 156 g/mol. The molecule has 0 unspecified atom stereocenters. The van der Waals surface area contributed by atoms with Crippen LogP contribution >= 0.6 is 0 Å². The van der Waals surface area contributed by atoms with E-state index in [1.807, 2.05) is 11.9 Å². The highest BCUT2D eigenvalue weighted by atomic mass is 16.5. The van der Waals surface area contributed by atoms with Gasteiger partial charge in [0.2, 0.25) is 0 Å². The van der Waals surface area contributed by atoms with Crippen molar-refractivity contribution in [2.75, 3.05) is 40.5 Å². The number of hydrogen-bond acceptors (Lipinski definition) is 4. The maximum atomic E-state index is 4.94. The van der Waals surface area contributed by atoms with E-state index in [0.717, 1.165) is 13.1 Å². The van der Waals surface area contributed by atoms with Crippen LogP contribution in [0.5, 0.6) is 0 Å². The number of nitrogens with zero attached hydrogens (tertiary/aromatic N) is 2. The van der Waals surface area contributed by atoms with Crippen LogP contribution in [-0.2, 0) is 9.47 Å². The normalized spacial score (nSPS) is 10.9. The molecule has 0 spiro atoms. The van der Waals surface area contributed by atoms with Gasteiger partial charge in [0.1, 0.15) is 0 Å². The van der Waals surface area contributed by atoms with Crippen molar-refractivity contribution in [2.45, 2.75) is 6.92 Å². The summed E-state index contributed by atoms with van der Waals surface area (Å²) in [6.45, 7) is 4.91. The van der Waals surface area contributed by atoms with Crippen LogP contribution in [-0.4, -0.2) is 51.7 Å². The van der Waals surface area contributed by atoms with Crippen molar-refractivity contribution in [3.8, 4) is 0 Å². The van der Waals surface area contributed by atoms with Crippen molar-refractivity contribution < 1.29 is 9.47 Å². The molecule has 12 heavy (non-hydrogen) atoms. The minimum atomic E-state index is 0.695. The standard InChI is InChI=1S/C8H18N2O2/c1-4-9-10(5-7-11-2)6-8-12-3/h4H,5-8H2,1-3H3. The van der Waals surface area contributed by atoms with E-state index in [2.05, 4.69) is 5.10 Å². The molecule has 0 aliphatic heterocycles. The largest absolute Gasteiger partial charge is 0.383 e. The van der Waals surface area contributed by atoms with Gasteiger partial charge in [0.15, 0.2) is 0 Å². The summed E-state index contributed by atoms with van der Waals surface area (Å²) >= 11 is 0. The lowest BCUT2D eigenvalue weighted by Crippen LogP contribution is -2.25. The smallest absolute Gasteiger partial charge is 0.0654 e. The van der Waals surface area contributed by atoms with Gasteiger partial charge >= 0.3 is 0 Å². The highest BCUT2D eigenvalue weighted by molar-refractivity contribution is 5.52. The van der Waals surface area contributed by atoms with Crippen LogP contribution in [0.25, 0.3) is 0 Å². The quantitative estimate of drug-likeness (QED) is 0.418. The minimum Gasteiger partial charge on any atom is -0.383 e. The Kier molecular flexibility index (Phi) is 8.05. The molecule has 0 radical (unpaired) electrons. The molecule has 0 atom stereocenters. The van der Waals surface area contributed by atoms with Crippen LogP contribution < -0.4 is 0 Å². The molecular formula is C8H18N2O2. The Morgan fingerprint density at radius 2 is 1.67 bits per heavy atom. The van der Waals surface area contributed by atoms with Crippen LogP contribution in [0.2, 0.25) is 0 Å². The van der Waals surface area contributed by atoms with Gasteiger partial charge in [-0.2, -0.15) is 5.10 Å². The summed E-state index contributed by atoms with van der Waals surface area (Å²) in [4.78, 5) is 0. The lowest BCUT2D eigenvalue weighted by atomic mass is 10.6. The fourth-order valence-electron chi connectivity index (χ4n) is 0.784. The van der Waals surface area contributed by atoms with E-state index >= 15 is 0 Å². The van der Waals surface area contributed by atoms with Crippen molar-refractivity contribution in [2.24, 2.45) is 5.10 Å². The fourth-order valence-corrected chi connectivity index (χ4v) is 0.784. The number of hydrazone groups is 1. The van der Waals surface area contributed by atoms with Crippen molar-refractivity contribution in [3.63, 3.8) is 0 Å². The third-order valence-corrected chi connectivity index (χ3v) is 1.39. The first kappa shape index (κ1) is 11.4. The molecule has 0 amide bonds. The van der Waals surface area contributed by atoms with Crippen LogP contribution in [0.3, 0.4) is 0 Å². The molecule has 4 heteroatoms. The summed E-state index contributed by atoms with van der Waals surface area (Å²) in [6.07, 6.45) is 1.77. The van der Waals surface area contributed by atoms with Gasteiger partial charge in [-0.15, -0.1) is 0 Å². The van der Waals surface area contributed by atoms with Gasteiger partial charge in [-0.05, 0) is 6.92 Å². The number of rotatable bonds is 7. The molecule has 0 aromatic carbocycles. The fraction of sp³-hybridized carbons (Fsp3) is 0.875. The molecule has 0 aliphatic carbocycles. The van der Waals surface area contributed by atoms with Gasteiger partial charge < -0.3 is 9.47 Å². The van der Waals surface area contributed by atoms with Gasteiger partial charge in [0, 0.05) is 20.4 Å².